The highest BCUT2D eigenvalue weighted by atomic mass is 16.5. The number of benzene rings is 1. The molecule has 7 nitrogen and oxygen atoms in total. The van der Waals surface area contributed by atoms with E-state index in [-0.39, 0.29) is 0 Å². The third-order valence-electron chi connectivity index (χ3n) is 7.93. The molecule has 2 atom stereocenters. The summed E-state index contributed by atoms with van der Waals surface area (Å²) in [5.74, 6) is 0.836. The average Bonchev–Trinajstić information content (AvgIpc) is 2.93. The monoisotopic (exact) mass is 477 g/mol. The molecule has 1 amide bonds. The minimum atomic E-state index is 0.324. The van der Waals surface area contributed by atoms with Crippen LogP contribution >= 0.6 is 0 Å². The van der Waals surface area contributed by atoms with E-state index in [1.165, 1.54) is 17.7 Å². The molecule has 0 N–H and O–H groups in total. The fourth-order valence-electron chi connectivity index (χ4n) is 5.98. The number of piperidine rings is 1. The summed E-state index contributed by atoms with van der Waals surface area (Å²) in [5, 5.41) is 0. The molecule has 3 fully saturated rings. The van der Waals surface area contributed by atoms with Gasteiger partial charge in [-0.2, -0.15) is 0 Å². The number of hydrogen-bond donors (Lipinski definition) is 0. The number of anilines is 1. The molecule has 3 saturated heterocycles. The van der Waals surface area contributed by atoms with Gasteiger partial charge in [-0.05, 0) is 55.1 Å². The Morgan fingerprint density at radius 2 is 1.66 bits per heavy atom. The number of ether oxygens (including phenoxy) is 1. The van der Waals surface area contributed by atoms with Gasteiger partial charge in [0.1, 0.15) is 0 Å². The molecule has 0 saturated carbocycles. The first-order valence-electron chi connectivity index (χ1n) is 13.3. The van der Waals surface area contributed by atoms with Gasteiger partial charge in [0.05, 0.1) is 13.2 Å². The topological polar surface area (TPSA) is 52.2 Å². The summed E-state index contributed by atoms with van der Waals surface area (Å²) in [6.45, 7) is 10.3. The summed E-state index contributed by atoms with van der Waals surface area (Å²) >= 11 is 0. The van der Waals surface area contributed by atoms with Gasteiger partial charge >= 0.3 is 0 Å². The lowest BCUT2D eigenvalue weighted by atomic mass is 9.86. The number of likely N-dealkylation sites (tertiary alicyclic amines) is 1. The number of para-hydroxylation sites is 1. The van der Waals surface area contributed by atoms with Crippen molar-refractivity contribution in [3.05, 3.63) is 60.4 Å². The van der Waals surface area contributed by atoms with E-state index >= 15 is 0 Å². The Bertz CT molecular complexity index is 913. The van der Waals surface area contributed by atoms with Crippen LogP contribution < -0.4 is 4.90 Å². The molecule has 2 aromatic rings. The second-order valence-electron chi connectivity index (χ2n) is 10.1. The lowest BCUT2D eigenvalue weighted by Crippen LogP contribution is -2.54. The average molecular weight is 478 g/mol. The molecule has 0 unspecified atom stereocenters. The van der Waals surface area contributed by atoms with Gasteiger partial charge in [0, 0.05) is 82.9 Å². The van der Waals surface area contributed by atoms with E-state index in [4.69, 9.17) is 4.74 Å². The van der Waals surface area contributed by atoms with Gasteiger partial charge in [-0.1, -0.05) is 18.2 Å². The van der Waals surface area contributed by atoms with Crippen molar-refractivity contribution in [3.8, 4) is 0 Å². The molecule has 3 aliphatic rings. The zero-order valence-electron chi connectivity index (χ0n) is 20.8. The Kier molecular flexibility index (Phi) is 8.29. The predicted molar refractivity (Wildman–Crippen MR) is 138 cm³/mol. The van der Waals surface area contributed by atoms with Crippen LogP contribution in [0.3, 0.4) is 0 Å². The van der Waals surface area contributed by atoms with Gasteiger partial charge in [0.2, 0.25) is 5.91 Å². The molecule has 1 aromatic heterocycles. The van der Waals surface area contributed by atoms with Crippen LogP contribution in [-0.2, 0) is 16.1 Å². The van der Waals surface area contributed by atoms with Gasteiger partial charge in [-0.3, -0.25) is 19.6 Å². The van der Waals surface area contributed by atoms with Crippen LogP contribution in [0.4, 0.5) is 5.69 Å². The van der Waals surface area contributed by atoms with Crippen LogP contribution in [0.5, 0.6) is 0 Å². The van der Waals surface area contributed by atoms with Crippen LogP contribution in [0.25, 0.3) is 0 Å². The molecular weight excluding hydrogens is 438 g/mol. The number of carbonyl (C=O) groups excluding carboxylic acids is 1. The van der Waals surface area contributed by atoms with E-state index in [1.54, 1.807) is 0 Å². The molecule has 0 bridgehead atoms. The summed E-state index contributed by atoms with van der Waals surface area (Å²) in [6, 6.07) is 15.3. The van der Waals surface area contributed by atoms with Crippen molar-refractivity contribution in [2.24, 2.45) is 5.92 Å². The highest BCUT2D eigenvalue weighted by Gasteiger charge is 2.34. The van der Waals surface area contributed by atoms with E-state index in [9.17, 15) is 4.79 Å². The quantitative estimate of drug-likeness (QED) is 0.611. The Balaban J connectivity index is 1.16. The molecule has 3 aliphatic heterocycles. The maximum atomic E-state index is 13.2. The summed E-state index contributed by atoms with van der Waals surface area (Å²) in [6.07, 6.45) is 6.54. The van der Waals surface area contributed by atoms with E-state index in [2.05, 4.69) is 67.0 Å². The largest absolute Gasteiger partial charge is 0.379 e. The van der Waals surface area contributed by atoms with E-state index in [1.807, 2.05) is 12.4 Å². The molecule has 0 aliphatic carbocycles. The summed E-state index contributed by atoms with van der Waals surface area (Å²) in [7, 11) is 0. The number of aromatic nitrogens is 1. The van der Waals surface area contributed by atoms with E-state index in [0.29, 0.717) is 24.3 Å². The third kappa shape index (κ3) is 6.40. The zero-order valence-corrected chi connectivity index (χ0v) is 20.8. The van der Waals surface area contributed by atoms with Crippen molar-refractivity contribution >= 4 is 11.6 Å². The number of morpholine rings is 1. The summed E-state index contributed by atoms with van der Waals surface area (Å²) < 4.78 is 5.62. The van der Waals surface area contributed by atoms with E-state index < -0.39 is 0 Å². The van der Waals surface area contributed by atoms with Gasteiger partial charge in [0.25, 0.3) is 0 Å². The van der Waals surface area contributed by atoms with Crippen LogP contribution in [0.1, 0.15) is 24.8 Å². The number of rotatable bonds is 7. The lowest BCUT2D eigenvalue weighted by molar-refractivity contribution is -0.132. The molecule has 0 radical (unpaired) electrons. The van der Waals surface area contributed by atoms with Gasteiger partial charge < -0.3 is 14.5 Å². The number of nitrogens with zero attached hydrogens (tertiary/aromatic N) is 5. The Morgan fingerprint density at radius 3 is 2.40 bits per heavy atom. The molecule has 7 heteroatoms. The maximum absolute atomic E-state index is 13.2. The SMILES string of the molecule is O=C(CC[C@@H]1CN(Cc2ccncc2)CC[C@@H]1N1CCOCC1)N1CCN(c2ccccc2)CC1. The van der Waals surface area contributed by atoms with Crippen molar-refractivity contribution < 1.29 is 9.53 Å². The fraction of sp³-hybridized carbons (Fsp3) is 0.571. The molecule has 4 heterocycles. The predicted octanol–water partition coefficient (Wildman–Crippen LogP) is 2.73. The standard InChI is InChI=1S/C28H39N5O2/c34-28(33-16-14-31(15-17-33)26-4-2-1-3-5-26)7-6-25-23-30(22-24-8-11-29-12-9-24)13-10-27(25)32-18-20-35-21-19-32/h1-5,8-9,11-12,25,27H,6-7,10,13-23H2/t25-,27+/m1/s1. The molecule has 1 aromatic carbocycles. The van der Waals surface area contributed by atoms with Crippen molar-refractivity contribution in [2.45, 2.75) is 31.8 Å². The first-order valence-corrected chi connectivity index (χ1v) is 13.3. The highest BCUT2D eigenvalue weighted by molar-refractivity contribution is 5.76. The highest BCUT2D eigenvalue weighted by Crippen LogP contribution is 2.28. The Labute approximate surface area is 209 Å². The fourth-order valence-corrected chi connectivity index (χ4v) is 5.98. The van der Waals surface area contributed by atoms with Crippen molar-refractivity contribution in [2.75, 3.05) is 70.5 Å². The number of pyridine rings is 1. The Morgan fingerprint density at radius 1 is 0.914 bits per heavy atom. The normalized spacial score (nSPS) is 24.5. The number of carbonyl (C=O) groups is 1. The molecule has 0 spiro atoms. The number of amides is 1. The minimum absolute atomic E-state index is 0.324. The van der Waals surface area contributed by atoms with E-state index in [0.717, 1.165) is 78.5 Å². The number of piperazine rings is 1. The smallest absolute Gasteiger partial charge is 0.222 e. The first-order chi connectivity index (χ1) is 17.3. The van der Waals surface area contributed by atoms with Crippen molar-refractivity contribution in [3.63, 3.8) is 0 Å². The minimum Gasteiger partial charge on any atom is -0.379 e. The molecule has 5 rings (SSSR count). The lowest BCUT2D eigenvalue weighted by Gasteiger charge is -2.45. The number of hydrogen-bond acceptors (Lipinski definition) is 6. The van der Waals surface area contributed by atoms with Crippen LogP contribution in [0, 0.1) is 5.92 Å². The maximum Gasteiger partial charge on any atom is 0.222 e. The first kappa shape index (κ1) is 24.2. The summed E-state index contributed by atoms with van der Waals surface area (Å²) in [4.78, 5) is 27.0. The zero-order chi connectivity index (χ0) is 23.9. The second kappa shape index (κ2) is 12.0. The third-order valence-corrected chi connectivity index (χ3v) is 7.93. The molecular formula is C28H39N5O2. The molecule has 188 valence electrons. The Hall–Kier alpha value is -2.48. The van der Waals surface area contributed by atoms with Crippen molar-refractivity contribution in [1.29, 1.82) is 0 Å². The van der Waals surface area contributed by atoms with Crippen LogP contribution in [-0.4, -0.2) is 97.2 Å². The van der Waals surface area contributed by atoms with Crippen LogP contribution in [0.2, 0.25) is 0 Å². The van der Waals surface area contributed by atoms with Gasteiger partial charge in [0.15, 0.2) is 0 Å². The second-order valence-corrected chi connectivity index (χ2v) is 10.1. The van der Waals surface area contributed by atoms with Crippen molar-refractivity contribution in [1.82, 2.24) is 19.7 Å². The van der Waals surface area contributed by atoms with Gasteiger partial charge in [-0.25, -0.2) is 0 Å². The van der Waals surface area contributed by atoms with Gasteiger partial charge in [-0.15, -0.1) is 0 Å². The van der Waals surface area contributed by atoms with Crippen LogP contribution in [0.15, 0.2) is 54.9 Å². The summed E-state index contributed by atoms with van der Waals surface area (Å²) in [5.41, 5.74) is 2.57. The molecule has 35 heavy (non-hydrogen) atoms.